The zero-order valence-electron chi connectivity index (χ0n) is 17.9. The first-order chi connectivity index (χ1) is 16.0. The van der Waals surface area contributed by atoms with E-state index in [0.29, 0.717) is 18.8 Å². The fourth-order valence-electron chi connectivity index (χ4n) is 3.16. The fourth-order valence-corrected chi connectivity index (χ4v) is 3.48. The largest absolute Gasteiger partial charge is 0.490 e. The summed E-state index contributed by atoms with van der Waals surface area (Å²) in [7, 11) is 0. The van der Waals surface area contributed by atoms with Gasteiger partial charge < -0.3 is 19.7 Å². The summed E-state index contributed by atoms with van der Waals surface area (Å²) in [5.74, 6) is -0.657. The number of nitrogens with zero attached hydrogens (tertiary/aromatic N) is 1. The van der Waals surface area contributed by atoms with E-state index in [1.807, 2.05) is 48.5 Å². The van der Waals surface area contributed by atoms with Crippen LogP contribution in [0.1, 0.15) is 12.0 Å². The third-order valence-electron chi connectivity index (χ3n) is 4.77. The van der Waals surface area contributed by atoms with E-state index in [4.69, 9.17) is 21.7 Å². The summed E-state index contributed by atoms with van der Waals surface area (Å²) in [5.41, 5.74) is 0.868. The van der Waals surface area contributed by atoms with Crippen LogP contribution in [0.25, 0.3) is 6.08 Å². The molecule has 1 aliphatic heterocycles. The van der Waals surface area contributed by atoms with Gasteiger partial charge in [-0.05, 0) is 36.0 Å². The molecule has 1 aliphatic rings. The summed E-state index contributed by atoms with van der Waals surface area (Å²) in [5, 5.41) is 5.39. The maximum Gasteiger partial charge on any atom is 0.308 e. The van der Waals surface area contributed by atoms with Gasteiger partial charge in [0.15, 0.2) is 5.11 Å². The van der Waals surface area contributed by atoms with E-state index in [0.717, 1.165) is 5.56 Å². The number of benzene rings is 2. The average molecular weight is 468 g/mol. The molecule has 0 radical (unpaired) electrons. The van der Waals surface area contributed by atoms with Crippen molar-refractivity contribution in [3.05, 3.63) is 72.3 Å². The quantitative estimate of drug-likeness (QED) is 0.265. The van der Waals surface area contributed by atoms with Crippen molar-refractivity contribution in [2.24, 2.45) is 0 Å². The second kappa shape index (κ2) is 12.4. The summed E-state index contributed by atoms with van der Waals surface area (Å²) >= 11 is 5.33. The standard InChI is InChI=1S/C24H25N3O5S/c28-21(12-11-18-7-3-1-4-8-18)26-24(33)27-14-13-25-23(30)20(27)17-22(29)32-16-15-31-19-9-5-2-6-10-19/h1-12,20H,13-17H2,(H,25,30)(H,26,28,33). The van der Waals surface area contributed by atoms with Gasteiger partial charge in [-0.3, -0.25) is 19.7 Å². The number of para-hydroxylation sites is 1. The molecule has 9 heteroatoms. The van der Waals surface area contributed by atoms with Crippen LogP contribution < -0.4 is 15.4 Å². The predicted molar refractivity (Wildman–Crippen MR) is 127 cm³/mol. The van der Waals surface area contributed by atoms with Gasteiger partial charge in [-0.25, -0.2) is 0 Å². The maximum absolute atomic E-state index is 12.4. The predicted octanol–water partition coefficient (Wildman–Crippen LogP) is 1.91. The Morgan fingerprint density at radius 1 is 1.09 bits per heavy atom. The lowest BCUT2D eigenvalue weighted by molar-refractivity contribution is -0.148. The Hall–Kier alpha value is -3.72. The van der Waals surface area contributed by atoms with Crippen molar-refractivity contribution in [2.45, 2.75) is 12.5 Å². The molecule has 0 aromatic heterocycles. The molecule has 0 saturated carbocycles. The third kappa shape index (κ3) is 7.73. The minimum Gasteiger partial charge on any atom is -0.490 e. The monoisotopic (exact) mass is 467 g/mol. The Kier molecular flexibility index (Phi) is 8.96. The van der Waals surface area contributed by atoms with E-state index in [-0.39, 0.29) is 30.7 Å². The van der Waals surface area contributed by atoms with E-state index in [2.05, 4.69) is 10.6 Å². The van der Waals surface area contributed by atoms with E-state index in [9.17, 15) is 14.4 Å². The summed E-state index contributed by atoms with van der Waals surface area (Å²) < 4.78 is 10.7. The normalized spacial score (nSPS) is 15.6. The van der Waals surface area contributed by atoms with Gasteiger partial charge in [-0.2, -0.15) is 0 Å². The summed E-state index contributed by atoms with van der Waals surface area (Å²) in [6, 6.07) is 17.6. The SMILES string of the molecule is O=C(C=Cc1ccccc1)NC(=S)N1CCNC(=O)C1CC(=O)OCCOc1ccccc1. The molecule has 1 fully saturated rings. The molecule has 8 nitrogen and oxygen atoms in total. The van der Waals surface area contributed by atoms with E-state index >= 15 is 0 Å². The summed E-state index contributed by atoms with van der Waals surface area (Å²) in [6.45, 7) is 0.958. The topological polar surface area (TPSA) is 97.0 Å². The van der Waals surface area contributed by atoms with Crippen LogP contribution in [0.4, 0.5) is 0 Å². The number of carbonyl (C=O) groups excluding carboxylic acids is 3. The lowest BCUT2D eigenvalue weighted by Gasteiger charge is -2.36. The van der Waals surface area contributed by atoms with Crippen molar-refractivity contribution in [2.75, 3.05) is 26.3 Å². The number of nitrogens with one attached hydrogen (secondary N) is 2. The van der Waals surface area contributed by atoms with Crippen LogP contribution >= 0.6 is 12.2 Å². The zero-order chi connectivity index (χ0) is 23.5. The number of hydrogen-bond acceptors (Lipinski definition) is 6. The zero-order valence-corrected chi connectivity index (χ0v) is 18.8. The number of piperazine rings is 1. The molecular weight excluding hydrogens is 442 g/mol. The van der Waals surface area contributed by atoms with Crippen LogP contribution in [-0.2, 0) is 19.1 Å². The van der Waals surface area contributed by atoms with Crippen molar-refractivity contribution in [1.29, 1.82) is 0 Å². The Morgan fingerprint density at radius 2 is 1.79 bits per heavy atom. The lowest BCUT2D eigenvalue weighted by atomic mass is 10.1. The van der Waals surface area contributed by atoms with Crippen LogP contribution in [0, 0.1) is 0 Å². The van der Waals surface area contributed by atoms with Crippen LogP contribution in [0.5, 0.6) is 5.75 Å². The van der Waals surface area contributed by atoms with Crippen molar-refractivity contribution >= 4 is 41.2 Å². The molecule has 1 heterocycles. The molecule has 3 rings (SSSR count). The van der Waals surface area contributed by atoms with Crippen LogP contribution in [0.2, 0.25) is 0 Å². The molecule has 2 amide bonds. The second-order valence-electron chi connectivity index (χ2n) is 7.12. The molecule has 2 aromatic carbocycles. The van der Waals surface area contributed by atoms with Crippen LogP contribution in [0.3, 0.4) is 0 Å². The molecule has 0 aliphatic carbocycles. The first-order valence-electron chi connectivity index (χ1n) is 10.5. The molecule has 1 atom stereocenters. The third-order valence-corrected chi connectivity index (χ3v) is 5.10. The van der Waals surface area contributed by atoms with E-state index in [1.54, 1.807) is 18.2 Å². The highest BCUT2D eigenvalue weighted by atomic mass is 32.1. The van der Waals surface area contributed by atoms with Gasteiger partial charge in [0.2, 0.25) is 11.8 Å². The number of thiocarbonyl (C=S) groups is 1. The average Bonchev–Trinajstić information content (AvgIpc) is 2.83. The van der Waals surface area contributed by atoms with Crippen molar-refractivity contribution in [1.82, 2.24) is 15.5 Å². The van der Waals surface area contributed by atoms with Crippen LogP contribution in [0.15, 0.2) is 66.7 Å². The molecule has 1 unspecified atom stereocenters. The highest BCUT2D eigenvalue weighted by Crippen LogP contribution is 2.12. The van der Waals surface area contributed by atoms with Gasteiger partial charge in [-0.15, -0.1) is 0 Å². The molecular formula is C24H25N3O5S. The van der Waals surface area contributed by atoms with Gasteiger partial charge >= 0.3 is 5.97 Å². The van der Waals surface area contributed by atoms with E-state index in [1.165, 1.54) is 11.0 Å². The molecule has 1 saturated heterocycles. The number of rotatable bonds is 8. The number of hydrogen-bond donors (Lipinski definition) is 2. The van der Waals surface area contributed by atoms with Gasteiger partial charge in [0.05, 0.1) is 6.42 Å². The highest BCUT2D eigenvalue weighted by Gasteiger charge is 2.34. The Balaban J connectivity index is 1.48. The molecule has 172 valence electrons. The smallest absolute Gasteiger partial charge is 0.308 e. The number of esters is 1. The minimum absolute atomic E-state index is 0.0491. The van der Waals surface area contributed by atoms with Gasteiger partial charge in [0, 0.05) is 19.2 Å². The number of ether oxygens (including phenoxy) is 2. The molecule has 33 heavy (non-hydrogen) atoms. The van der Waals surface area contributed by atoms with Crippen molar-refractivity contribution in [3.8, 4) is 5.75 Å². The molecule has 2 aromatic rings. The second-order valence-corrected chi connectivity index (χ2v) is 7.51. The van der Waals surface area contributed by atoms with Gasteiger partial charge in [-0.1, -0.05) is 48.5 Å². The summed E-state index contributed by atoms with van der Waals surface area (Å²) in [6.07, 6.45) is 2.82. The minimum atomic E-state index is -0.868. The first-order valence-corrected chi connectivity index (χ1v) is 10.9. The van der Waals surface area contributed by atoms with Crippen molar-refractivity contribution in [3.63, 3.8) is 0 Å². The fraction of sp³-hybridized carbons (Fsp3) is 0.250. The highest BCUT2D eigenvalue weighted by molar-refractivity contribution is 7.80. The van der Waals surface area contributed by atoms with Gasteiger partial charge in [0.25, 0.3) is 0 Å². The Labute approximate surface area is 197 Å². The maximum atomic E-state index is 12.4. The number of amides is 2. The van der Waals surface area contributed by atoms with Crippen molar-refractivity contribution < 1.29 is 23.9 Å². The Morgan fingerprint density at radius 3 is 2.52 bits per heavy atom. The Bertz CT molecular complexity index is 998. The van der Waals surface area contributed by atoms with E-state index < -0.39 is 17.9 Å². The van der Waals surface area contributed by atoms with Gasteiger partial charge in [0.1, 0.15) is 25.0 Å². The molecule has 0 bridgehead atoms. The molecule has 2 N–H and O–H groups in total. The number of carbonyl (C=O) groups is 3. The molecule has 0 spiro atoms. The lowest BCUT2D eigenvalue weighted by Crippen LogP contribution is -2.60. The first kappa shape index (κ1) is 23.9. The van der Waals surface area contributed by atoms with Crippen LogP contribution in [-0.4, -0.2) is 60.1 Å². The summed E-state index contributed by atoms with van der Waals surface area (Å²) in [4.78, 5) is 38.5.